The van der Waals surface area contributed by atoms with E-state index in [9.17, 15) is 16.8 Å². The Kier molecular flexibility index (Phi) is 5.05. The van der Waals surface area contributed by atoms with E-state index in [1.165, 1.54) is 28.8 Å². The summed E-state index contributed by atoms with van der Waals surface area (Å²) in [5.41, 5.74) is 0. The van der Waals surface area contributed by atoms with Crippen LogP contribution in [0.3, 0.4) is 0 Å². The molecule has 1 rings (SSSR count). The molecule has 0 radical (unpaired) electrons. The second-order valence-corrected chi connectivity index (χ2v) is 8.41. The number of pyridine rings is 1. The maximum Gasteiger partial charge on any atom is 0.244 e. The van der Waals surface area contributed by atoms with Gasteiger partial charge in [0, 0.05) is 31.2 Å². The molecule has 1 atom stereocenters. The van der Waals surface area contributed by atoms with Crippen LogP contribution in [0, 0.1) is 0 Å². The third-order valence-electron chi connectivity index (χ3n) is 2.59. The Balaban J connectivity index is 3.10. The van der Waals surface area contributed by atoms with Gasteiger partial charge in [-0.05, 0) is 19.1 Å². The van der Waals surface area contributed by atoms with E-state index in [1.807, 2.05) is 0 Å². The van der Waals surface area contributed by atoms with E-state index in [4.69, 9.17) is 0 Å². The Hall–Kier alpha value is -0.990. The molecule has 0 aliphatic carbocycles. The van der Waals surface area contributed by atoms with Crippen LogP contribution in [0.2, 0.25) is 0 Å². The monoisotopic (exact) mass is 306 g/mol. The van der Waals surface area contributed by atoms with Gasteiger partial charge in [-0.25, -0.2) is 16.8 Å². The quantitative estimate of drug-likeness (QED) is 0.765. The van der Waals surface area contributed by atoms with Gasteiger partial charge in [-0.15, -0.1) is 0 Å². The summed E-state index contributed by atoms with van der Waals surface area (Å²) >= 11 is 0. The second-order valence-electron chi connectivity index (χ2n) is 4.34. The first-order valence-electron chi connectivity index (χ1n) is 5.78. The van der Waals surface area contributed by atoms with Crippen molar-refractivity contribution in [2.75, 3.05) is 18.6 Å². The fraction of sp³-hybridized carbons (Fsp3) is 0.545. The van der Waals surface area contributed by atoms with Gasteiger partial charge < -0.3 is 0 Å². The van der Waals surface area contributed by atoms with E-state index in [0.717, 1.165) is 6.26 Å². The predicted molar refractivity (Wildman–Crippen MR) is 73.0 cm³/mol. The smallest absolute Gasteiger partial charge is 0.244 e. The van der Waals surface area contributed by atoms with Crippen LogP contribution in [0.5, 0.6) is 0 Å². The van der Waals surface area contributed by atoms with Crippen LogP contribution in [-0.2, 0) is 19.9 Å². The van der Waals surface area contributed by atoms with E-state index in [0.29, 0.717) is 0 Å². The van der Waals surface area contributed by atoms with Gasteiger partial charge in [-0.1, -0.05) is 6.92 Å². The van der Waals surface area contributed by atoms with Gasteiger partial charge in [0.15, 0.2) is 0 Å². The van der Waals surface area contributed by atoms with Gasteiger partial charge in [0.1, 0.15) is 14.7 Å². The minimum atomic E-state index is -3.72. The van der Waals surface area contributed by atoms with E-state index < -0.39 is 25.9 Å². The number of sulfonamides is 1. The second kappa shape index (κ2) is 5.98. The molecule has 0 N–H and O–H groups in total. The minimum absolute atomic E-state index is 0.0669. The summed E-state index contributed by atoms with van der Waals surface area (Å²) < 4.78 is 48.5. The van der Waals surface area contributed by atoms with Crippen LogP contribution in [0.4, 0.5) is 0 Å². The maximum absolute atomic E-state index is 12.4. The van der Waals surface area contributed by atoms with E-state index in [2.05, 4.69) is 4.98 Å². The first kappa shape index (κ1) is 16.1. The van der Waals surface area contributed by atoms with Crippen LogP contribution in [0.15, 0.2) is 29.4 Å². The van der Waals surface area contributed by atoms with Crippen molar-refractivity contribution in [1.82, 2.24) is 9.29 Å². The van der Waals surface area contributed by atoms with Crippen molar-refractivity contribution in [2.45, 2.75) is 24.8 Å². The molecule has 0 aliphatic rings. The zero-order valence-electron chi connectivity index (χ0n) is 11.1. The summed E-state index contributed by atoms with van der Waals surface area (Å²) in [6, 6.07) is 2.35. The topological polar surface area (TPSA) is 84.4 Å². The molecule has 1 unspecified atom stereocenters. The van der Waals surface area contributed by atoms with Crippen LogP contribution in [-0.4, -0.2) is 50.7 Å². The molecule has 108 valence electrons. The average Bonchev–Trinajstić information content (AvgIpc) is 2.28. The fourth-order valence-corrected chi connectivity index (χ4v) is 4.63. The third kappa shape index (κ3) is 4.26. The molecule has 0 fully saturated rings. The molecule has 0 saturated heterocycles. The van der Waals surface area contributed by atoms with Crippen LogP contribution >= 0.6 is 0 Å². The number of hydrogen-bond donors (Lipinski definition) is 0. The van der Waals surface area contributed by atoms with Crippen LogP contribution < -0.4 is 0 Å². The van der Waals surface area contributed by atoms with Gasteiger partial charge in [-0.3, -0.25) is 4.98 Å². The molecule has 0 aromatic carbocycles. The highest BCUT2D eigenvalue weighted by Crippen LogP contribution is 2.17. The van der Waals surface area contributed by atoms with Gasteiger partial charge in [-0.2, -0.15) is 4.31 Å². The summed E-state index contributed by atoms with van der Waals surface area (Å²) in [5.74, 6) is -0.208. The molecule has 0 aliphatic heterocycles. The molecule has 1 aromatic rings. The zero-order valence-corrected chi connectivity index (χ0v) is 12.8. The Labute approximate surface area is 114 Å². The molecule has 19 heavy (non-hydrogen) atoms. The third-order valence-corrected chi connectivity index (χ3v) is 5.75. The van der Waals surface area contributed by atoms with E-state index in [1.54, 1.807) is 13.8 Å². The molecule has 0 spiro atoms. The van der Waals surface area contributed by atoms with Crippen molar-refractivity contribution in [3.05, 3.63) is 24.5 Å². The SMILES string of the molecule is CCN(C(C)CS(C)(=O)=O)S(=O)(=O)c1cccnc1. The normalized spacial score (nSPS) is 14.5. The first-order valence-corrected chi connectivity index (χ1v) is 9.28. The van der Waals surface area contributed by atoms with E-state index in [-0.39, 0.29) is 17.2 Å². The summed E-state index contributed by atoms with van der Waals surface area (Å²) in [6.45, 7) is 3.46. The Morgan fingerprint density at radius 3 is 2.37 bits per heavy atom. The lowest BCUT2D eigenvalue weighted by Gasteiger charge is -2.26. The summed E-state index contributed by atoms with van der Waals surface area (Å²) in [5, 5.41) is 0. The lowest BCUT2D eigenvalue weighted by Crippen LogP contribution is -2.42. The van der Waals surface area contributed by atoms with Crippen molar-refractivity contribution in [1.29, 1.82) is 0 Å². The Morgan fingerprint density at radius 1 is 1.32 bits per heavy atom. The molecule has 8 heteroatoms. The van der Waals surface area contributed by atoms with Crippen molar-refractivity contribution in [2.24, 2.45) is 0 Å². The first-order chi connectivity index (χ1) is 8.68. The lowest BCUT2D eigenvalue weighted by atomic mass is 10.4. The molecule has 0 bridgehead atoms. The zero-order chi connectivity index (χ0) is 14.7. The molecule has 1 heterocycles. The Bertz CT molecular complexity index is 611. The molecule has 6 nitrogen and oxygen atoms in total. The van der Waals surface area contributed by atoms with Crippen molar-refractivity contribution < 1.29 is 16.8 Å². The average molecular weight is 306 g/mol. The standard InChI is InChI=1S/C11H18N2O4S2/c1-4-13(10(2)9-18(3,14)15)19(16,17)11-6-5-7-12-8-11/h5-8,10H,4,9H2,1-3H3. The van der Waals surface area contributed by atoms with Gasteiger partial charge in [0.05, 0.1) is 5.75 Å². The maximum atomic E-state index is 12.4. The highest BCUT2D eigenvalue weighted by atomic mass is 32.2. The number of sulfone groups is 1. The predicted octanol–water partition coefficient (Wildman–Crippen LogP) is 0.525. The highest BCUT2D eigenvalue weighted by Gasteiger charge is 2.29. The van der Waals surface area contributed by atoms with Gasteiger partial charge >= 0.3 is 0 Å². The molecule has 0 amide bonds. The summed E-state index contributed by atoms with van der Waals surface area (Å²) in [7, 11) is -6.96. The van der Waals surface area contributed by atoms with Crippen molar-refractivity contribution in [3.8, 4) is 0 Å². The number of rotatable bonds is 6. The number of nitrogens with zero attached hydrogens (tertiary/aromatic N) is 2. The number of aromatic nitrogens is 1. The minimum Gasteiger partial charge on any atom is -0.263 e. The highest BCUT2D eigenvalue weighted by molar-refractivity contribution is 7.91. The summed E-state index contributed by atoms with van der Waals surface area (Å²) in [6.07, 6.45) is 3.83. The lowest BCUT2D eigenvalue weighted by molar-refractivity contribution is 0.369. The fourth-order valence-electron chi connectivity index (χ4n) is 1.87. The van der Waals surface area contributed by atoms with Gasteiger partial charge in [0.25, 0.3) is 0 Å². The number of hydrogen-bond acceptors (Lipinski definition) is 5. The molecule has 0 saturated carbocycles. The molecule has 1 aromatic heterocycles. The molecular weight excluding hydrogens is 288 g/mol. The van der Waals surface area contributed by atoms with Crippen LogP contribution in [0.1, 0.15) is 13.8 Å². The molecular formula is C11H18N2O4S2. The van der Waals surface area contributed by atoms with E-state index >= 15 is 0 Å². The largest absolute Gasteiger partial charge is 0.263 e. The van der Waals surface area contributed by atoms with Crippen molar-refractivity contribution >= 4 is 19.9 Å². The summed E-state index contributed by atoms with van der Waals surface area (Å²) in [4.78, 5) is 3.84. The Morgan fingerprint density at radius 2 is 1.95 bits per heavy atom. The van der Waals surface area contributed by atoms with Crippen molar-refractivity contribution in [3.63, 3.8) is 0 Å². The van der Waals surface area contributed by atoms with Gasteiger partial charge in [0.2, 0.25) is 10.0 Å². The van der Waals surface area contributed by atoms with Crippen LogP contribution in [0.25, 0.3) is 0 Å².